The van der Waals surface area contributed by atoms with Crippen LogP contribution in [0.25, 0.3) is 5.70 Å². The Hall–Kier alpha value is -2.52. The van der Waals surface area contributed by atoms with E-state index >= 15 is 0 Å². The zero-order chi connectivity index (χ0) is 16.4. The Labute approximate surface area is 140 Å². The number of carbonyl (C=O) groups excluding carboxylic acids is 1. The molecule has 0 saturated carbocycles. The van der Waals surface area contributed by atoms with E-state index in [2.05, 4.69) is 10.8 Å². The van der Waals surface area contributed by atoms with E-state index in [1.165, 1.54) is 13.2 Å². The summed E-state index contributed by atoms with van der Waals surface area (Å²) in [4.78, 5) is 11.4. The van der Waals surface area contributed by atoms with E-state index < -0.39 is 5.97 Å². The van der Waals surface area contributed by atoms with Crippen LogP contribution in [0.1, 0.15) is 22.6 Å². The third kappa shape index (κ3) is 2.88. The number of ether oxygens (including phenoxy) is 1. The lowest BCUT2D eigenvalue weighted by Gasteiger charge is -2.15. The van der Waals surface area contributed by atoms with Crippen LogP contribution in [0, 0.1) is 0 Å². The molecule has 23 heavy (non-hydrogen) atoms. The van der Waals surface area contributed by atoms with E-state index in [0.717, 1.165) is 22.3 Å². The standard InChI is InChI=1S/C19H16ClNO2/c1-23-17(22)11-10-16-18(12-6-8-13(20)9-7-12)14-4-2-3-5-15(14)19(16)21/h2-11,18H,21H2,1H3/b11-10+. The number of benzene rings is 2. The molecule has 0 radical (unpaired) electrons. The Morgan fingerprint density at radius 2 is 1.87 bits per heavy atom. The summed E-state index contributed by atoms with van der Waals surface area (Å²) < 4.78 is 4.67. The first-order valence-electron chi connectivity index (χ1n) is 7.22. The molecule has 0 aromatic heterocycles. The van der Waals surface area contributed by atoms with Gasteiger partial charge in [-0.1, -0.05) is 48.0 Å². The average Bonchev–Trinajstić information content (AvgIpc) is 2.86. The summed E-state index contributed by atoms with van der Waals surface area (Å²) in [5, 5.41) is 0.684. The topological polar surface area (TPSA) is 52.3 Å². The monoisotopic (exact) mass is 325 g/mol. The summed E-state index contributed by atoms with van der Waals surface area (Å²) >= 11 is 5.99. The molecule has 0 spiro atoms. The van der Waals surface area contributed by atoms with Gasteiger partial charge in [0.2, 0.25) is 0 Å². The molecule has 2 N–H and O–H groups in total. The van der Waals surface area contributed by atoms with Crippen molar-refractivity contribution >= 4 is 23.3 Å². The predicted octanol–water partition coefficient (Wildman–Crippen LogP) is 3.88. The second kappa shape index (κ2) is 6.31. The van der Waals surface area contributed by atoms with Gasteiger partial charge in [-0.15, -0.1) is 0 Å². The van der Waals surface area contributed by atoms with E-state index in [4.69, 9.17) is 17.3 Å². The van der Waals surface area contributed by atoms with Crippen molar-refractivity contribution in [1.82, 2.24) is 0 Å². The van der Waals surface area contributed by atoms with Gasteiger partial charge in [-0.25, -0.2) is 4.79 Å². The van der Waals surface area contributed by atoms with E-state index in [0.29, 0.717) is 10.7 Å². The van der Waals surface area contributed by atoms with Crippen molar-refractivity contribution in [2.24, 2.45) is 5.73 Å². The minimum atomic E-state index is -0.406. The number of rotatable bonds is 3. The lowest BCUT2D eigenvalue weighted by Crippen LogP contribution is -2.02. The maximum absolute atomic E-state index is 11.4. The van der Waals surface area contributed by atoms with Crippen LogP contribution in [-0.4, -0.2) is 13.1 Å². The number of fused-ring (bicyclic) bond motifs is 1. The fraction of sp³-hybridized carbons (Fsp3) is 0.105. The molecule has 1 unspecified atom stereocenters. The van der Waals surface area contributed by atoms with Gasteiger partial charge in [-0.3, -0.25) is 0 Å². The highest BCUT2D eigenvalue weighted by atomic mass is 35.5. The number of nitrogens with two attached hydrogens (primary N) is 1. The van der Waals surface area contributed by atoms with Crippen LogP contribution in [-0.2, 0) is 9.53 Å². The van der Waals surface area contributed by atoms with Crippen molar-refractivity contribution < 1.29 is 9.53 Å². The minimum Gasteiger partial charge on any atom is -0.466 e. The van der Waals surface area contributed by atoms with Crippen molar-refractivity contribution in [1.29, 1.82) is 0 Å². The molecule has 2 aromatic rings. The molecule has 116 valence electrons. The van der Waals surface area contributed by atoms with Crippen molar-refractivity contribution in [3.05, 3.63) is 88.0 Å². The van der Waals surface area contributed by atoms with Crippen molar-refractivity contribution in [2.75, 3.05) is 7.11 Å². The smallest absolute Gasteiger partial charge is 0.330 e. The summed E-state index contributed by atoms with van der Waals surface area (Å²) in [5.74, 6) is -0.430. The van der Waals surface area contributed by atoms with E-state index in [-0.39, 0.29) is 5.92 Å². The highest BCUT2D eigenvalue weighted by Gasteiger charge is 2.29. The van der Waals surface area contributed by atoms with Crippen molar-refractivity contribution in [3.8, 4) is 0 Å². The Balaban J connectivity index is 2.11. The van der Waals surface area contributed by atoms with Gasteiger partial charge in [0.05, 0.1) is 7.11 Å². The zero-order valence-corrected chi connectivity index (χ0v) is 13.4. The number of allylic oxidation sites excluding steroid dienone is 2. The number of esters is 1. The Bertz CT molecular complexity index is 806. The maximum atomic E-state index is 11.4. The van der Waals surface area contributed by atoms with Crippen LogP contribution < -0.4 is 5.73 Å². The first-order valence-corrected chi connectivity index (χ1v) is 7.60. The molecule has 3 nitrogen and oxygen atoms in total. The van der Waals surface area contributed by atoms with Crippen LogP contribution in [0.3, 0.4) is 0 Å². The molecule has 0 saturated heterocycles. The fourth-order valence-corrected chi connectivity index (χ4v) is 3.02. The fourth-order valence-electron chi connectivity index (χ4n) is 2.90. The van der Waals surface area contributed by atoms with Gasteiger partial charge in [-0.05, 0) is 34.9 Å². The molecular formula is C19H16ClNO2. The molecule has 3 rings (SSSR count). The summed E-state index contributed by atoms with van der Waals surface area (Å²) in [6, 6.07) is 15.7. The quantitative estimate of drug-likeness (QED) is 0.688. The molecule has 0 bridgehead atoms. The van der Waals surface area contributed by atoms with Crippen LogP contribution in [0.4, 0.5) is 0 Å². The van der Waals surface area contributed by atoms with Crippen molar-refractivity contribution in [2.45, 2.75) is 5.92 Å². The molecule has 1 atom stereocenters. The lowest BCUT2D eigenvalue weighted by molar-refractivity contribution is -0.134. The molecule has 1 aliphatic carbocycles. The van der Waals surface area contributed by atoms with E-state index in [1.807, 2.05) is 42.5 Å². The van der Waals surface area contributed by atoms with Gasteiger partial charge in [0.15, 0.2) is 0 Å². The van der Waals surface area contributed by atoms with Gasteiger partial charge in [0, 0.05) is 28.3 Å². The molecule has 2 aromatic carbocycles. The van der Waals surface area contributed by atoms with Crippen LogP contribution in [0.2, 0.25) is 5.02 Å². The second-order valence-corrected chi connectivity index (χ2v) is 5.73. The first-order chi connectivity index (χ1) is 11.1. The molecular weight excluding hydrogens is 310 g/mol. The molecule has 4 heteroatoms. The van der Waals surface area contributed by atoms with Crippen LogP contribution in [0.15, 0.2) is 66.3 Å². The molecule has 1 aliphatic rings. The summed E-state index contributed by atoms with van der Waals surface area (Å²) in [7, 11) is 1.35. The van der Waals surface area contributed by atoms with Gasteiger partial charge in [-0.2, -0.15) is 0 Å². The highest BCUT2D eigenvalue weighted by molar-refractivity contribution is 6.30. The average molecular weight is 326 g/mol. The molecule has 0 aliphatic heterocycles. The SMILES string of the molecule is COC(=O)/C=C/C1=C(N)c2ccccc2C1c1ccc(Cl)cc1. The number of hydrogen-bond donors (Lipinski definition) is 1. The van der Waals surface area contributed by atoms with Crippen molar-refractivity contribution in [3.63, 3.8) is 0 Å². The van der Waals surface area contributed by atoms with Gasteiger partial charge in [0.1, 0.15) is 0 Å². The van der Waals surface area contributed by atoms with E-state index in [1.54, 1.807) is 6.08 Å². The van der Waals surface area contributed by atoms with Gasteiger partial charge >= 0.3 is 5.97 Å². The normalized spacial score (nSPS) is 16.7. The zero-order valence-electron chi connectivity index (χ0n) is 12.6. The number of carbonyl (C=O) groups is 1. The minimum absolute atomic E-state index is 0.0237. The highest BCUT2D eigenvalue weighted by Crippen LogP contribution is 2.44. The number of hydrogen-bond acceptors (Lipinski definition) is 3. The number of halogens is 1. The Morgan fingerprint density at radius 3 is 2.57 bits per heavy atom. The number of methoxy groups -OCH3 is 1. The van der Waals surface area contributed by atoms with Crippen LogP contribution in [0.5, 0.6) is 0 Å². The first kappa shape index (κ1) is 15.4. The Morgan fingerprint density at radius 1 is 1.17 bits per heavy atom. The predicted molar refractivity (Wildman–Crippen MR) is 92.0 cm³/mol. The summed E-state index contributed by atoms with van der Waals surface area (Å²) in [5.41, 5.74) is 11.1. The molecule has 0 fully saturated rings. The second-order valence-electron chi connectivity index (χ2n) is 5.30. The lowest BCUT2D eigenvalue weighted by atomic mass is 9.88. The van der Waals surface area contributed by atoms with Gasteiger partial charge in [0.25, 0.3) is 0 Å². The van der Waals surface area contributed by atoms with E-state index in [9.17, 15) is 4.79 Å². The summed E-state index contributed by atoms with van der Waals surface area (Å²) in [6.07, 6.45) is 3.14. The molecule has 0 amide bonds. The maximum Gasteiger partial charge on any atom is 0.330 e. The Kier molecular flexibility index (Phi) is 4.22. The van der Waals surface area contributed by atoms with Gasteiger partial charge < -0.3 is 10.5 Å². The largest absolute Gasteiger partial charge is 0.466 e. The summed E-state index contributed by atoms with van der Waals surface area (Å²) in [6.45, 7) is 0. The third-order valence-corrected chi connectivity index (χ3v) is 4.24. The van der Waals surface area contributed by atoms with Crippen LogP contribution >= 0.6 is 11.6 Å². The molecule has 0 heterocycles. The third-order valence-electron chi connectivity index (χ3n) is 3.99.